The number of carbonyl (C=O) groups excluding carboxylic acids is 2. The van der Waals surface area contributed by atoms with Gasteiger partial charge in [-0.25, -0.2) is 4.39 Å². The third kappa shape index (κ3) is 5.66. The highest BCUT2D eigenvalue weighted by molar-refractivity contribution is 5.92. The summed E-state index contributed by atoms with van der Waals surface area (Å²) in [6, 6.07) is 8.72. The van der Waals surface area contributed by atoms with Crippen molar-refractivity contribution in [1.82, 2.24) is 10.9 Å². The van der Waals surface area contributed by atoms with Gasteiger partial charge in [0.1, 0.15) is 23.1 Å². The normalized spacial score (nSPS) is 10.5. The summed E-state index contributed by atoms with van der Waals surface area (Å²) in [7, 11) is 0. The van der Waals surface area contributed by atoms with E-state index in [1.165, 1.54) is 36.4 Å². The zero-order valence-electron chi connectivity index (χ0n) is 12.3. The highest BCUT2D eigenvalue weighted by Crippen LogP contribution is 2.10. The zero-order valence-corrected chi connectivity index (χ0v) is 12.3. The van der Waals surface area contributed by atoms with E-state index in [-0.39, 0.29) is 6.61 Å². The van der Waals surface area contributed by atoms with E-state index in [0.717, 1.165) is 5.76 Å². The Morgan fingerprint density at radius 3 is 2.57 bits per heavy atom. The number of hydrogen-bond donors (Lipinski definition) is 2. The molecular weight excluding hydrogens is 303 g/mol. The van der Waals surface area contributed by atoms with Crippen molar-refractivity contribution in [3.8, 4) is 5.75 Å². The first-order valence-electron chi connectivity index (χ1n) is 6.74. The van der Waals surface area contributed by atoms with Crippen LogP contribution >= 0.6 is 0 Å². The van der Waals surface area contributed by atoms with E-state index in [1.807, 2.05) is 0 Å². The Morgan fingerprint density at radius 2 is 1.91 bits per heavy atom. The quantitative estimate of drug-likeness (QED) is 0.652. The fourth-order valence-electron chi connectivity index (χ4n) is 1.59. The number of halogens is 1. The lowest BCUT2D eigenvalue weighted by Gasteiger charge is -2.07. The van der Waals surface area contributed by atoms with Crippen LogP contribution in [0.1, 0.15) is 11.5 Å². The molecule has 0 atom stereocenters. The first-order valence-corrected chi connectivity index (χ1v) is 6.74. The third-order valence-electron chi connectivity index (χ3n) is 2.67. The summed E-state index contributed by atoms with van der Waals surface area (Å²) in [5, 5.41) is 0. The second-order valence-electron chi connectivity index (χ2n) is 4.56. The monoisotopic (exact) mass is 318 g/mol. The van der Waals surface area contributed by atoms with Crippen LogP contribution in [-0.4, -0.2) is 18.4 Å². The van der Waals surface area contributed by atoms with Gasteiger partial charge in [-0.05, 0) is 49.4 Å². The molecule has 2 amide bonds. The molecule has 0 unspecified atom stereocenters. The number of aryl methyl sites for hydroxylation is 1. The first kappa shape index (κ1) is 16.3. The van der Waals surface area contributed by atoms with Crippen LogP contribution in [0.5, 0.6) is 5.75 Å². The minimum atomic E-state index is -0.551. The maximum absolute atomic E-state index is 12.7. The van der Waals surface area contributed by atoms with E-state index in [2.05, 4.69) is 10.9 Å². The molecule has 0 saturated heterocycles. The summed E-state index contributed by atoms with van der Waals surface area (Å²) >= 11 is 0. The molecule has 6 nitrogen and oxygen atoms in total. The Morgan fingerprint density at radius 1 is 1.17 bits per heavy atom. The Labute approximate surface area is 131 Å². The van der Waals surface area contributed by atoms with Crippen LogP contribution in [0.2, 0.25) is 0 Å². The van der Waals surface area contributed by atoms with Gasteiger partial charge < -0.3 is 9.15 Å². The number of ether oxygens (including phenoxy) is 1. The van der Waals surface area contributed by atoms with Crippen molar-refractivity contribution in [2.75, 3.05) is 6.61 Å². The van der Waals surface area contributed by atoms with Crippen molar-refractivity contribution in [2.45, 2.75) is 6.92 Å². The van der Waals surface area contributed by atoms with Crippen LogP contribution in [0.15, 0.2) is 46.9 Å². The smallest absolute Gasteiger partial charge is 0.276 e. The van der Waals surface area contributed by atoms with Crippen LogP contribution in [0.4, 0.5) is 4.39 Å². The van der Waals surface area contributed by atoms with Crippen LogP contribution in [-0.2, 0) is 9.59 Å². The fraction of sp³-hybridized carbons (Fsp3) is 0.125. The van der Waals surface area contributed by atoms with E-state index < -0.39 is 17.6 Å². The highest BCUT2D eigenvalue weighted by atomic mass is 19.1. The van der Waals surface area contributed by atoms with E-state index in [1.54, 1.807) is 19.1 Å². The second-order valence-corrected chi connectivity index (χ2v) is 4.56. The standard InChI is InChI=1S/C16H15FN2O4/c1-11-2-5-14(23-11)8-9-15(20)18-19-16(21)10-22-13-6-3-12(17)4-7-13/h2-9H,10H2,1H3,(H,18,20)(H,19,21)/b9-8+. The molecule has 0 aliphatic rings. The van der Waals surface area contributed by atoms with Gasteiger partial charge in [0.05, 0.1) is 0 Å². The molecule has 2 aromatic rings. The highest BCUT2D eigenvalue weighted by Gasteiger charge is 2.04. The largest absolute Gasteiger partial charge is 0.484 e. The Hall–Kier alpha value is -3.09. The lowest BCUT2D eigenvalue weighted by atomic mass is 10.3. The second kappa shape index (κ2) is 7.79. The zero-order chi connectivity index (χ0) is 16.7. The van der Waals surface area contributed by atoms with Crippen molar-refractivity contribution in [1.29, 1.82) is 0 Å². The minimum Gasteiger partial charge on any atom is -0.484 e. The number of rotatable bonds is 5. The summed E-state index contributed by atoms with van der Waals surface area (Å²) in [6.07, 6.45) is 2.70. The first-order chi connectivity index (χ1) is 11.0. The molecular formula is C16H15FN2O4. The number of furan rings is 1. The molecule has 23 heavy (non-hydrogen) atoms. The van der Waals surface area contributed by atoms with Crippen LogP contribution in [0.3, 0.4) is 0 Å². The number of hydrazine groups is 1. The van der Waals surface area contributed by atoms with Crippen molar-refractivity contribution in [2.24, 2.45) is 0 Å². The molecule has 0 radical (unpaired) electrons. The number of nitrogens with one attached hydrogen (secondary N) is 2. The average molecular weight is 318 g/mol. The van der Waals surface area contributed by atoms with Crippen LogP contribution in [0, 0.1) is 12.7 Å². The molecule has 1 aromatic carbocycles. The molecule has 0 bridgehead atoms. The number of carbonyl (C=O) groups is 2. The van der Waals surface area contributed by atoms with Crippen LogP contribution < -0.4 is 15.6 Å². The maximum Gasteiger partial charge on any atom is 0.276 e. The topological polar surface area (TPSA) is 80.6 Å². The summed E-state index contributed by atoms with van der Waals surface area (Å²) in [5.41, 5.74) is 4.38. The van der Waals surface area contributed by atoms with Crippen molar-refractivity contribution < 1.29 is 23.1 Å². The van der Waals surface area contributed by atoms with Gasteiger partial charge >= 0.3 is 0 Å². The molecule has 0 aliphatic carbocycles. The van der Waals surface area contributed by atoms with Crippen molar-refractivity contribution >= 4 is 17.9 Å². The summed E-state index contributed by atoms with van der Waals surface area (Å²) < 4.78 is 23.1. The van der Waals surface area contributed by atoms with Crippen molar-refractivity contribution in [3.63, 3.8) is 0 Å². The van der Waals surface area contributed by atoms with E-state index in [9.17, 15) is 14.0 Å². The summed E-state index contributed by atoms with van der Waals surface area (Å²) in [4.78, 5) is 23.0. The molecule has 7 heteroatoms. The predicted octanol–water partition coefficient (Wildman–Crippen LogP) is 1.97. The molecule has 0 fully saturated rings. The lowest BCUT2D eigenvalue weighted by molar-refractivity contribution is -0.128. The number of hydrogen-bond acceptors (Lipinski definition) is 4. The lowest BCUT2D eigenvalue weighted by Crippen LogP contribution is -2.43. The molecule has 0 aliphatic heterocycles. The van der Waals surface area contributed by atoms with Gasteiger partial charge in [-0.1, -0.05) is 0 Å². The predicted molar refractivity (Wildman–Crippen MR) is 80.7 cm³/mol. The third-order valence-corrected chi connectivity index (χ3v) is 2.67. The van der Waals surface area contributed by atoms with Crippen LogP contribution in [0.25, 0.3) is 6.08 Å². The number of benzene rings is 1. The van der Waals surface area contributed by atoms with Gasteiger partial charge in [-0.2, -0.15) is 0 Å². The molecule has 1 aromatic heterocycles. The van der Waals surface area contributed by atoms with E-state index in [0.29, 0.717) is 11.5 Å². The molecule has 1 heterocycles. The Bertz CT molecular complexity index is 707. The van der Waals surface area contributed by atoms with E-state index in [4.69, 9.17) is 9.15 Å². The van der Waals surface area contributed by atoms with Gasteiger partial charge in [-0.3, -0.25) is 20.4 Å². The van der Waals surface area contributed by atoms with Gasteiger partial charge in [0.2, 0.25) is 0 Å². The van der Waals surface area contributed by atoms with Gasteiger partial charge in [0.15, 0.2) is 6.61 Å². The van der Waals surface area contributed by atoms with Gasteiger partial charge in [0.25, 0.3) is 11.8 Å². The van der Waals surface area contributed by atoms with Gasteiger partial charge in [-0.15, -0.1) is 0 Å². The Kier molecular flexibility index (Phi) is 5.51. The fourth-order valence-corrected chi connectivity index (χ4v) is 1.59. The Balaban J connectivity index is 1.70. The maximum atomic E-state index is 12.7. The molecule has 0 spiro atoms. The molecule has 120 valence electrons. The van der Waals surface area contributed by atoms with Gasteiger partial charge in [0, 0.05) is 6.08 Å². The molecule has 2 N–H and O–H groups in total. The average Bonchev–Trinajstić information content (AvgIpc) is 2.96. The summed E-state index contributed by atoms with van der Waals surface area (Å²) in [6.45, 7) is 1.48. The minimum absolute atomic E-state index is 0.312. The van der Waals surface area contributed by atoms with E-state index >= 15 is 0 Å². The molecule has 0 saturated carbocycles. The van der Waals surface area contributed by atoms with Crippen molar-refractivity contribution in [3.05, 3.63) is 59.8 Å². The summed E-state index contributed by atoms with van der Waals surface area (Å²) in [5.74, 6) is 0.146. The number of amides is 2. The SMILES string of the molecule is Cc1ccc(/C=C/C(=O)NNC(=O)COc2ccc(F)cc2)o1. The molecule has 2 rings (SSSR count).